The minimum atomic E-state index is 0.00951. The quantitative estimate of drug-likeness (QED) is 0.498. The summed E-state index contributed by atoms with van der Waals surface area (Å²) in [5.74, 6) is 3.04. The molecular formula is C27H33N5O4. The largest absolute Gasteiger partial charge is 0.497 e. The zero-order valence-electron chi connectivity index (χ0n) is 20.9. The van der Waals surface area contributed by atoms with Gasteiger partial charge < -0.3 is 23.8 Å². The third kappa shape index (κ3) is 5.46. The predicted molar refractivity (Wildman–Crippen MR) is 136 cm³/mol. The highest BCUT2D eigenvalue weighted by Gasteiger charge is 2.31. The molecule has 1 atom stereocenters. The fraction of sp³-hybridized carbons (Fsp3) is 0.444. The minimum Gasteiger partial charge on any atom is -0.497 e. The van der Waals surface area contributed by atoms with Crippen LogP contribution in [0.1, 0.15) is 18.7 Å². The van der Waals surface area contributed by atoms with Crippen molar-refractivity contribution in [2.45, 2.75) is 19.4 Å². The van der Waals surface area contributed by atoms with E-state index in [1.54, 1.807) is 14.2 Å². The van der Waals surface area contributed by atoms with E-state index in [1.165, 1.54) is 5.69 Å². The number of benzene rings is 2. The maximum atomic E-state index is 13.3. The third-order valence-electron chi connectivity index (χ3n) is 7.06. The Morgan fingerprint density at radius 3 is 2.28 bits per heavy atom. The third-order valence-corrected chi connectivity index (χ3v) is 7.06. The summed E-state index contributed by atoms with van der Waals surface area (Å²) in [6.07, 6.45) is 1.91. The van der Waals surface area contributed by atoms with Crippen LogP contribution in [0.2, 0.25) is 0 Å². The SMILES string of the molecule is COc1ccc(-c2noc(CN3CCCC(C(=O)N4CCN(c5ccc(OC)cc5)CC4)C3)n2)cc1. The minimum absolute atomic E-state index is 0.00951. The number of carbonyl (C=O) groups is 1. The van der Waals surface area contributed by atoms with Gasteiger partial charge in [-0.05, 0) is 67.9 Å². The summed E-state index contributed by atoms with van der Waals surface area (Å²) in [4.78, 5) is 24.5. The summed E-state index contributed by atoms with van der Waals surface area (Å²) in [6.45, 7) is 5.37. The Hall–Kier alpha value is -3.59. The first-order valence-electron chi connectivity index (χ1n) is 12.5. The van der Waals surface area contributed by atoms with Crippen molar-refractivity contribution in [2.24, 2.45) is 5.92 Å². The second-order valence-electron chi connectivity index (χ2n) is 9.32. The maximum Gasteiger partial charge on any atom is 0.241 e. The average molecular weight is 492 g/mol. The fourth-order valence-corrected chi connectivity index (χ4v) is 5.00. The van der Waals surface area contributed by atoms with E-state index >= 15 is 0 Å². The van der Waals surface area contributed by atoms with Crippen molar-refractivity contribution in [1.82, 2.24) is 19.9 Å². The summed E-state index contributed by atoms with van der Waals surface area (Å²) in [7, 11) is 3.31. The van der Waals surface area contributed by atoms with Crippen molar-refractivity contribution >= 4 is 11.6 Å². The van der Waals surface area contributed by atoms with Crippen LogP contribution in [-0.4, -0.2) is 79.3 Å². The van der Waals surface area contributed by atoms with Gasteiger partial charge in [0.2, 0.25) is 17.6 Å². The Bertz CT molecular complexity index is 1140. The Morgan fingerprint density at radius 2 is 1.61 bits per heavy atom. The van der Waals surface area contributed by atoms with E-state index in [9.17, 15) is 4.79 Å². The Labute approximate surface area is 211 Å². The zero-order chi connectivity index (χ0) is 24.9. The number of piperazine rings is 1. The van der Waals surface area contributed by atoms with E-state index in [1.807, 2.05) is 41.3 Å². The number of aromatic nitrogens is 2. The molecule has 0 bridgehead atoms. The van der Waals surface area contributed by atoms with Gasteiger partial charge in [-0.25, -0.2) is 0 Å². The van der Waals surface area contributed by atoms with Crippen molar-refractivity contribution in [2.75, 3.05) is 58.4 Å². The Balaban J connectivity index is 1.13. The van der Waals surface area contributed by atoms with Gasteiger partial charge >= 0.3 is 0 Å². The molecule has 190 valence electrons. The van der Waals surface area contributed by atoms with Crippen molar-refractivity contribution < 1.29 is 18.8 Å². The lowest BCUT2D eigenvalue weighted by atomic mass is 9.96. The smallest absolute Gasteiger partial charge is 0.241 e. The molecule has 0 spiro atoms. The van der Waals surface area contributed by atoms with E-state index in [2.05, 4.69) is 32.1 Å². The van der Waals surface area contributed by atoms with Crippen LogP contribution in [-0.2, 0) is 11.3 Å². The number of methoxy groups -OCH3 is 2. The van der Waals surface area contributed by atoms with Gasteiger partial charge in [0.1, 0.15) is 11.5 Å². The molecule has 9 heteroatoms. The van der Waals surface area contributed by atoms with Crippen LogP contribution in [0.4, 0.5) is 5.69 Å². The average Bonchev–Trinajstić information content (AvgIpc) is 3.41. The molecule has 0 saturated carbocycles. The molecule has 2 aromatic carbocycles. The molecule has 3 aromatic rings. The van der Waals surface area contributed by atoms with E-state index in [0.717, 1.165) is 69.2 Å². The molecule has 1 aromatic heterocycles. The summed E-state index contributed by atoms with van der Waals surface area (Å²) >= 11 is 0. The van der Waals surface area contributed by atoms with Crippen LogP contribution in [0.5, 0.6) is 11.5 Å². The monoisotopic (exact) mass is 491 g/mol. The highest BCUT2D eigenvalue weighted by Crippen LogP contribution is 2.25. The van der Waals surface area contributed by atoms with Crippen molar-refractivity contribution in [1.29, 1.82) is 0 Å². The molecule has 5 rings (SSSR count). The molecule has 2 aliphatic heterocycles. The molecule has 2 fully saturated rings. The first kappa shape index (κ1) is 24.1. The number of nitrogens with zero attached hydrogens (tertiary/aromatic N) is 5. The lowest BCUT2D eigenvalue weighted by molar-refractivity contribution is -0.137. The summed E-state index contributed by atoms with van der Waals surface area (Å²) in [5.41, 5.74) is 2.05. The fourth-order valence-electron chi connectivity index (χ4n) is 5.00. The molecule has 0 N–H and O–H groups in total. The second-order valence-corrected chi connectivity index (χ2v) is 9.32. The van der Waals surface area contributed by atoms with Gasteiger partial charge in [0.25, 0.3) is 0 Å². The summed E-state index contributed by atoms with van der Waals surface area (Å²) in [5, 5.41) is 4.14. The topological polar surface area (TPSA) is 84.2 Å². The molecule has 0 aliphatic carbocycles. The number of anilines is 1. The first-order valence-corrected chi connectivity index (χ1v) is 12.5. The number of rotatable bonds is 7. The van der Waals surface area contributed by atoms with Gasteiger partial charge in [-0.2, -0.15) is 4.98 Å². The van der Waals surface area contributed by atoms with Gasteiger partial charge in [-0.3, -0.25) is 9.69 Å². The van der Waals surface area contributed by atoms with Crippen LogP contribution in [0, 0.1) is 5.92 Å². The Morgan fingerprint density at radius 1 is 0.944 bits per heavy atom. The predicted octanol–water partition coefficient (Wildman–Crippen LogP) is 3.31. The van der Waals surface area contributed by atoms with Gasteiger partial charge in [0.05, 0.1) is 26.7 Å². The second kappa shape index (κ2) is 11.0. The van der Waals surface area contributed by atoms with Crippen LogP contribution in [0.25, 0.3) is 11.4 Å². The van der Waals surface area contributed by atoms with E-state index in [-0.39, 0.29) is 11.8 Å². The highest BCUT2D eigenvalue weighted by molar-refractivity contribution is 5.79. The number of hydrogen-bond donors (Lipinski definition) is 0. The first-order chi connectivity index (χ1) is 17.6. The number of piperidine rings is 1. The number of amides is 1. The van der Waals surface area contributed by atoms with Crippen molar-refractivity contribution in [3.8, 4) is 22.9 Å². The number of hydrogen-bond acceptors (Lipinski definition) is 8. The van der Waals surface area contributed by atoms with Gasteiger partial charge in [0, 0.05) is 44.0 Å². The van der Waals surface area contributed by atoms with Gasteiger partial charge in [0.15, 0.2) is 0 Å². The number of carbonyl (C=O) groups excluding carboxylic acids is 1. The van der Waals surface area contributed by atoms with Crippen molar-refractivity contribution in [3.05, 3.63) is 54.4 Å². The molecule has 3 heterocycles. The Kier molecular flexibility index (Phi) is 7.36. The van der Waals surface area contributed by atoms with Crippen LogP contribution >= 0.6 is 0 Å². The molecule has 2 aliphatic rings. The van der Waals surface area contributed by atoms with E-state index in [0.29, 0.717) is 18.3 Å². The molecular weight excluding hydrogens is 458 g/mol. The van der Waals surface area contributed by atoms with Crippen LogP contribution in [0.15, 0.2) is 53.1 Å². The molecule has 9 nitrogen and oxygen atoms in total. The summed E-state index contributed by atoms with van der Waals surface area (Å²) < 4.78 is 16.0. The molecule has 36 heavy (non-hydrogen) atoms. The standard InChI is InChI=1S/C27H33N5O4/c1-34-23-9-5-20(6-10-23)26-28-25(36-29-26)19-30-13-3-4-21(18-30)27(33)32-16-14-31(15-17-32)22-7-11-24(35-2)12-8-22/h5-12,21H,3-4,13-19H2,1-2H3. The lowest BCUT2D eigenvalue weighted by Crippen LogP contribution is -2.52. The number of ether oxygens (including phenoxy) is 2. The number of likely N-dealkylation sites (tertiary alicyclic amines) is 1. The molecule has 0 radical (unpaired) electrons. The van der Waals surface area contributed by atoms with Gasteiger partial charge in [-0.15, -0.1) is 0 Å². The lowest BCUT2D eigenvalue weighted by Gasteiger charge is -2.39. The van der Waals surface area contributed by atoms with E-state index in [4.69, 9.17) is 14.0 Å². The molecule has 1 amide bonds. The van der Waals surface area contributed by atoms with Gasteiger partial charge in [-0.1, -0.05) is 5.16 Å². The van der Waals surface area contributed by atoms with E-state index < -0.39 is 0 Å². The van der Waals surface area contributed by atoms with Crippen molar-refractivity contribution in [3.63, 3.8) is 0 Å². The van der Waals surface area contributed by atoms with Crippen LogP contribution < -0.4 is 14.4 Å². The molecule has 1 unspecified atom stereocenters. The zero-order valence-corrected chi connectivity index (χ0v) is 20.9. The normalized spacial score (nSPS) is 18.8. The summed E-state index contributed by atoms with van der Waals surface area (Å²) in [6, 6.07) is 15.7. The molecule has 2 saturated heterocycles. The highest BCUT2D eigenvalue weighted by atomic mass is 16.5. The maximum absolute atomic E-state index is 13.3. The van der Waals surface area contributed by atoms with Crippen LogP contribution in [0.3, 0.4) is 0 Å².